The van der Waals surface area contributed by atoms with Gasteiger partial charge in [0, 0.05) is 13.0 Å². The summed E-state index contributed by atoms with van der Waals surface area (Å²) < 4.78 is 0. The molecule has 0 aromatic carbocycles. The molecular weight excluding hydrogens is 112 g/mol. The maximum absolute atomic E-state index is 4.17. The van der Waals surface area contributed by atoms with Crippen molar-refractivity contribution in [2.24, 2.45) is 4.99 Å². The maximum atomic E-state index is 4.17. The van der Waals surface area contributed by atoms with E-state index in [0.29, 0.717) is 6.04 Å². The molecule has 9 heavy (non-hydrogen) atoms. The lowest BCUT2D eigenvalue weighted by atomic mass is 10.0. The van der Waals surface area contributed by atoms with Crippen LogP contribution in [0.1, 0.15) is 12.8 Å². The van der Waals surface area contributed by atoms with Gasteiger partial charge in [-0.05, 0) is 12.8 Å². The molecule has 0 bridgehead atoms. The van der Waals surface area contributed by atoms with Crippen LogP contribution < -0.4 is 0 Å². The number of piperidine rings is 1. The highest BCUT2D eigenvalue weighted by molar-refractivity contribution is 5.58. The number of hydrogen-bond acceptors (Lipinski definition) is 2. The quantitative estimate of drug-likeness (QED) is 0.458. The molecule has 2 heterocycles. The molecule has 2 aliphatic heterocycles. The molecule has 1 saturated heterocycles. The molecule has 2 heteroatoms. The van der Waals surface area contributed by atoms with Gasteiger partial charge in [0.15, 0.2) is 0 Å². The van der Waals surface area contributed by atoms with Crippen molar-refractivity contribution in [3.05, 3.63) is 6.42 Å². The van der Waals surface area contributed by atoms with Crippen LogP contribution >= 0.6 is 0 Å². The fourth-order valence-electron chi connectivity index (χ4n) is 1.36. The van der Waals surface area contributed by atoms with Crippen molar-refractivity contribution in [1.82, 2.24) is 4.90 Å². The van der Waals surface area contributed by atoms with E-state index >= 15 is 0 Å². The van der Waals surface area contributed by atoms with Crippen molar-refractivity contribution in [3.8, 4) is 0 Å². The molecule has 0 spiro atoms. The van der Waals surface area contributed by atoms with Crippen LogP contribution in [0.4, 0.5) is 0 Å². The smallest absolute Gasteiger partial charge is 0.0854 e. The molecule has 0 amide bonds. The summed E-state index contributed by atoms with van der Waals surface area (Å²) in [5, 5.41) is 0. The molecule has 0 aliphatic carbocycles. The number of hydrogen-bond donors (Lipinski definition) is 0. The van der Waals surface area contributed by atoms with Crippen LogP contribution in [-0.2, 0) is 0 Å². The Morgan fingerprint density at radius 1 is 1.67 bits per heavy atom. The van der Waals surface area contributed by atoms with E-state index < -0.39 is 0 Å². The molecule has 0 aromatic heterocycles. The van der Waals surface area contributed by atoms with Gasteiger partial charge >= 0.3 is 0 Å². The lowest BCUT2D eigenvalue weighted by Crippen LogP contribution is -2.36. The zero-order valence-electron chi connectivity index (χ0n) is 5.38. The number of rotatable bonds is 0. The molecule has 0 N–H and O–H groups in total. The Kier molecular flexibility index (Phi) is 1.18. The van der Waals surface area contributed by atoms with Crippen LogP contribution in [0, 0.1) is 6.42 Å². The largest absolute Gasteiger partial charge is 0.358 e. The summed E-state index contributed by atoms with van der Waals surface area (Å²) in [6, 6.07) is 0.527. The first-order valence-electron chi connectivity index (χ1n) is 3.46. The molecule has 0 aromatic rings. The fourth-order valence-corrected chi connectivity index (χ4v) is 1.36. The Balaban J connectivity index is 2.03. The lowest BCUT2D eigenvalue weighted by molar-refractivity contribution is 0.331. The summed E-state index contributed by atoms with van der Waals surface area (Å²) in [6.07, 6.45) is 7.75. The highest BCUT2D eigenvalue weighted by Gasteiger charge is 2.23. The van der Waals surface area contributed by atoms with E-state index in [1.54, 1.807) is 0 Å². The van der Waals surface area contributed by atoms with E-state index in [1.807, 2.05) is 6.34 Å². The Hall–Kier alpha value is -0.530. The average Bonchev–Trinajstić information content (AvgIpc) is 2.33. The molecule has 0 saturated carbocycles. The van der Waals surface area contributed by atoms with Crippen LogP contribution in [0.15, 0.2) is 4.99 Å². The van der Waals surface area contributed by atoms with Gasteiger partial charge in [0.05, 0.1) is 18.9 Å². The van der Waals surface area contributed by atoms with Crippen molar-refractivity contribution < 1.29 is 0 Å². The van der Waals surface area contributed by atoms with E-state index in [-0.39, 0.29) is 0 Å². The van der Waals surface area contributed by atoms with Gasteiger partial charge in [0.1, 0.15) is 0 Å². The zero-order valence-corrected chi connectivity index (χ0v) is 5.38. The molecule has 2 aliphatic rings. The van der Waals surface area contributed by atoms with Gasteiger partial charge in [-0.2, -0.15) is 0 Å². The Labute approximate surface area is 55.6 Å². The minimum atomic E-state index is 0.527. The van der Waals surface area contributed by atoms with Gasteiger partial charge in [0.2, 0.25) is 0 Å². The van der Waals surface area contributed by atoms with E-state index in [9.17, 15) is 0 Å². The average molecular weight is 122 g/mol. The molecule has 2 radical (unpaired) electrons. The predicted octanol–water partition coefficient (Wildman–Crippen LogP) is 0.574. The third kappa shape index (κ3) is 0.824. The van der Waals surface area contributed by atoms with Crippen molar-refractivity contribution >= 4 is 6.34 Å². The summed E-state index contributed by atoms with van der Waals surface area (Å²) in [5.41, 5.74) is 0. The minimum absolute atomic E-state index is 0.527. The topological polar surface area (TPSA) is 15.6 Å². The number of nitrogens with zero attached hydrogens (tertiary/aromatic N) is 2. The van der Waals surface area contributed by atoms with Gasteiger partial charge < -0.3 is 4.90 Å². The summed E-state index contributed by atoms with van der Waals surface area (Å²) >= 11 is 0. The second-order valence-electron chi connectivity index (χ2n) is 2.54. The molecule has 1 fully saturated rings. The van der Waals surface area contributed by atoms with Gasteiger partial charge in [-0.3, -0.25) is 4.99 Å². The van der Waals surface area contributed by atoms with Gasteiger partial charge in [0.25, 0.3) is 0 Å². The van der Waals surface area contributed by atoms with Crippen molar-refractivity contribution in [2.45, 2.75) is 18.9 Å². The SMILES string of the molecule is [C]1CCCN2C=NCC12. The Morgan fingerprint density at radius 2 is 2.67 bits per heavy atom. The third-order valence-corrected chi connectivity index (χ3v) is 1.88. The van der Waals surface area contributed by atoms with Gasteiger partial charge in [-0.1, -0.05) is 0 Å². The number of fused-ring (bicyclic) bond motifs is 1. The van der Waals surface area contributed by atoms with Crippen LogP contribution in [0.2, 0.25) is 0 Å². The Morgan fingerprint density at radius 3 is 3.56 bits per heavy atom. The summed E-state index contributed by atoms with van der Waals surface area (Å²) in [5.74, 6) is 0. The van der Waals surface area contributed by atoms with Crippen molar-refractivity contribution in [1.29, 1.82) is 0 Å². The summed E-state index contributed by atoms with van der Waals surface area (Å²) in [4.78, 5) is 6.43. The lowest BCUT2D eigenvalue weighted by Gasteiger charge is -2.27. The first-order chi connectivity index (χ1) is 4.47. The van der Waals surface area contributed by atoms with Crippen LogP contribution in [0.25, 0.3) is 0 Å². The van der Waals surface area contributed by atoms with E-state index in [2.05, 4.69) is 16.3 Å². The zero-order chi connectivity index (χ0) is 6.10. The van der Waals surface area contributed by atoms with Crippen LogP contribution in [0.5, 0.6) is 0 Å². The highest BCUT2D eigenvalue weighted by atomic mass is 15.2. The monoisotopic (exact) mass is 122 g/mol. The van der Waals surface area contributed by atoms with Crippen molar-refractivity contribution in [3.63, 3.8) is 0 Å². The van der Waals surface area contributed by atoms with E-state index in [0.717, 1.165) is 13.0 Å². The first-order valence-corrected chi connectivity index (χ1v) is 3.46. The van der Waals surface area contributed by atoms with Crippen molar-refractivity contribution in [2.75, 3.05) is 13.1 Å². The fraction of sp³-hybridized carbons (Fsp3) is 0.714. The Bertz CT molecular complexity index is 131. The molecule has 2 rings (SSSR count). The second-order valence-corrected chi connectivity index (χ2v) is 2.54. The normalized spacial score (nSPS) is 32.9. The summed E-state index contributed by atoms with van der Waals surface area (Å²) in [6.45, 7) is 2.13. The standard InChI is InChI=1S/C7H10N2/c1-2-4-9-6-8-5-7(9)3-1/h6-7H,1-2,4-5H2. The minimum Gasteiger partial charge on any atom is -0.358 e. The van der Waals surface area contributed by atoms with E-state index in [1.165, 1.54) is 13.0 Å². The maximum Gasteiger partial charge on any atom is 0.0854 e. The molecular formula is C7H10N2. The molecule has 48 valence electrons. The van der Waals surface area contributed by atoms with Crippen LogP contribution in [0.3, 0.4) is 0 Å². The van der Waals surface area contributed by atoms with Gasteiger partial charge in [-0.15, -0.1) is 0 Å². The second kappa shape index (κ2) is 2.01. The van der Waals surface area contributed by atoms with Gasteiger partial charge in [-0.25, -0.2) is 0 Å². The highest BCUT2D eigenvalue weighted by Crippen LogP contribution is 2.17. The third-order valence-electron chi connectivity index (χ3n) is 1.88. The van der Waals surface area contributed by atoms with E-state index in [4.69, 9.17) is 0 Å². The molecule has 1 unspecified atom stereocenters. The van der Waals surface area contributed by atoms with Crippen LogP contribution in [-0.4, -0.2) is 30.4 Å². The number of aliphatic imine (C=N–C) groups is 1. The summed E-state index contributed by atoms with van der Waals surface area (Å²) in [7, 11) is 0. The predicted molar refractivity (Wildman–Crippen MR) is 36.3 cm³/mol. The molecule has 1 atom stereocenters. The molecule has 2 nitrogen and oxygen atoms in total. The first kappa shape index (κ1) is 5.27.